The van der Waals surface area contributed by atoms with Gasteiger partial charge in [-0.15, -0.1) is 11.3 Å². The molecule has 0 spiro atoms. The molecule has 2 aliphatic rings. The maximum Gasteiger partial charge on any atom is 0.234 e. The van der Waals surface area contributed by atoms with Crippen molar-refractivity contribution in [2.24, 2.45) is 5.92 Å². The van der Waals surface area contributed by atoms with E-state index in [2.05, 4.69) is 30.5 Å². The number of rotatable bonds is 7. The van der Waals surface area contributed by atoms with Gasteiger partial charge in [-0.1, -0.05) is 0 Å². The molecule has 5 rings (SSSR count). The number of aromatic nitrogens is 4. The predicted octanol–water partition coefficient (Wildman–Crippen LogP) is 4.87. The standard InChI is InChI=1S/C22H25N7OS2/c1-14-13-23-21(31-14)26-19-25-20(29-11-3-2-4-12-29)28-22(27-19)32-17-9-7-16(8-10-17)24-18(30)15-5-6-15/h7-10,13,15H,2-6,11-12H2,1H3,(H,24,30)(H,23,25,26,27,28). The first-order chi connectivity index (χ1) is 15.6. The molecule has 1 aromatic carbocycles. The zero-order chi connectivity index (χ0) is 21.9. The summed E-state index contributed by atoms with van der Waals surface area (Å²) in [6.07, 6.45) is 7.37. The summed E-state index contributed by atoms with van der Waals surface area (Å²) in [5.74, 6) is 1.51. The minimum absolute atomic E-state index is 0.113. The van der Waals surface area contributed by atoms with Crippen LogP contribution in [-0.4, -0.2) is 38.9 Å². The number of carbonyl (C=O) groups is 1. The van der Waals surface area contributed by atoms with Crippen molar-refractivity contribution < 1.29 is 4.79 Å². The second kappa shape index (κ2) is 9.41. The zero-order valence-corrected chi connectivity index (χ0v) is 19.5. The molecule has 1 saturated heterocycles. The molecule has 2 fully saturated rings. The number of nitrogens with one attached hydrogen (secondary N) is 2. The number of hydrogen-bond donors (Lipinski definition) is 2. The number of benzene rings is 1. The van der Waals surface area contributed by atoms with Crippen molar-refractivity contribution in [3.05, 3.63) is 35.3 Å². The number of nitrogens with zero attached hydrogens (tertiary/aromatic N) is 5. The van der Waals surface area contributed by atoms with Gasteiger partial charge in [-0.2, -0.15) is 15.0 Å². The number of thiazole rings is 1. The molecule has 1 saturated carbocycles. The van der Waals surface area contributed by atoms with Gasteiger partial charge in [0, 0.05) is 40.7 Å². The lowest BCUT2D eigenvalue weighted by Gasteiger charge is -2.26. The molecule has 32 heavy (non-hydrogen) atoms. The largest absolute Gasteiger partial charge is 0.341 e. The van der Waals surface area contributed by atoms with Crippen LogP contribution in [0, 0.1) is 12.8 Å². The number of amides is 1. The highest BCUT2D eigenvalue weighted by Gasteiger charge is 2.29. The van der Waals surface area contributed by atoms with Gasteiger partial charge in [-0.05, 0) is 75.1 Å². The minimum atomic E-state index is 0.113. The summed E-state index contributed by atoms with van der Waals surface area (Å²) < 4.78 is 0. The van der Waals surface area contributed by atoms with Crippen LogP contribution < -0.4 is 15.5 Å². The first-order valence-corrected chi connectivity index (χ1v) is 12.5. The summed E-state index contributed by atoms with van der Waals surface area (Å²) in [5.41, 5.74) is 0.817. The van der Waals surface area contributed by atoms with Gasteiger partial charge >= 0.3 is 0 Å². The van der Waals surface area contributed by atoms with Crippen molar-refractivity contribution >= 4 is 51.7 Å². The van der Waals surface area contributed by atoms with Gasteiger partial charge < -0.3 is 10.2 Å². The van der Waals surface area contributed by atoms with Gasteiger partial charge in [0.15, 0.2) is 10.3 Å². The molecule has 2 N–H and O–H groups in total. The summed E-state index contributed by atoms with van der Waals surface area (Å²) in [4.78, 5) is 34.7. The Kier molecular flexibility index (Phi) is 6.22. The van der Waals surface area contributed by atoms with E-state index in [9.17, 15) is 4.79 Å². The second-order valence-electron chi connectivity index (χ2n) is 8.08. The van der Waals surface area contributed by atoms with Crippen LogP contribution in [0.4, 0.5) is 22.7 Å². The molecule has 1 aliphatic carbocycles. The minimum Gasteiger partial charge on any atom is -0.341 e. The fourth-order valence-corrected chi connectivity index (χ4v) is 4.89. The Morgan fingerprint density at radius 3 is 2.56 bits per heavy atom. The van der Waals surface area contributed by atoms with Gasteiger partial charge in [0.1, 0.15) is 0 Å². The predicted molar refractivity (Wildman–Crippen MR) is 128 cm³/mol. The van der Waals surface area contributed by atoms with E-state index in [1.54, 1.807) is 11.3 Å². The Morgan fingerprint density at radius 1 is 1.09 bits per heavy atom. The molecule has 2 aromatic heterocycles. The van der Waals surface area contributed by atoms with E-state index in [0.29, 0.717) is 17.1 Å². The quantitative estimate of drug-likeness (QED) is 0.508. The molecular formula is C22H25N7OS2. The first-order valence-electron chi connectivity index (χ1n) is 10.9. The van der Waals surface area contributed by atoms with E-state index in [0.717, 1.165) is 59.4 Å². The Bertz CT molecular complexity index is 1090. The van der Waals surface area contributed by atoms with Crippen LogP contribution >= 0.6 is 23.1 Å². The summed E-state index contributed by atoms with van der Waals surface area (Å²) in [7, 11) is 0. The third-order valence-corrected chi connectivity index (χ3v) is 7.06. The number of carbonyl (C=O) groups excluding carboxylic acids is 1. The highest BCUT2D eigenvalue weighted by atomic mass is 32.2. The van der Waals surface area contributed by atoms with Crippen molar-refractivity contribution in [3.8, 4) is 0 Å². The monoisotopic (exact) mass is 467 g/mol. The van der Waals surface area contributed by atoms with E-state index >= 15 is 0 Å². The number of anilines is 4. The number of aryl methyl sites for hydroxylation is 1. The molecule has 0 unspecified atom stereocenters. The van der Waals surface area contributed by atoms with Gasteiger partial charge in [-0.25, -0.2) is 4.98 Å². The lowest BCUT2D eigenvalue weighted by Crippen LogP contribution is -2.31. The maximum absolute atomic E-state index is 12.0. The average Bonchev–Trinajstić information content (AvgIpc) is 3.58. The van der Waals surface area contributed by atoms with E-state index < -0.39 is 0 Å². The lowest BCUT2D eigenvalue weighted by atomic mass is 10.1. The average molecular weight is 468 g/mol. The molecular weight excluding hydrogens is 442 g/mol. The highest BCUT2D eigenvalue weighted by Crippen LogP contribution is 2.32. The highest BCUT2D eigenvalue weighted by molar-refractivity contribution is 7.99. The van der Waals surface area contributed by atoms with Crippen LogP contribution in [0.15, 0.2) is 40.5 Å². The topological polar surface area (TPSA) is 95.9 Å². The van der Waals surface area contributed by atoms with Crippen LogP contribution in [0.3, 0.4) is 0 Å². The summed E-state index contributed by atoms with van der Waals surface area (Å²) >= 11 is 3.05. The Labute approximate surface area is 195 Å². The Balaban J connectivity index is 1.35. The molecule has 0 atom stereocenters. The molecule has 1 aliphatic heterocycles. The fraction of sp³-hybridized carbons (Fsp3) is 0.409. The lowest BCUT2D eigenvalue weighted by molar-refractivity contribution is -0.117. The first kappa shape index (κ1) is 21.1. The van der Waals surface area contributed by atoms with E-state index in [-0.39, 0.29) is 11.8 Å². The molecule has 166 valence electrons. The Morgan fingerprint density at radius 2 is 1.88 bits per heavy atom. The summed E-state index contributed by atoms with van der Waals surface area (Å²) in [6.45, 7) is 3.94. The molecule has 3 heterocycles. The number of piperidine rings is 1. The molecule has 0 bridgehead atoms. The van der Waals surface area contributed by atoms with Crippen molar-refractivity contribution in [3.63, 3.8) is 0 Å². The van der Waals surface area contributed by atoms with Crippen molar-refractivity contribution in [1.29, 1.82) is 0 Å². The second-order valence-corrected chi connectivity index (χ2v) is 10.4. The van der Waals surface area contributed by atoms with Gasteiger partial charge in [-0.3, -0.25) is 10.1 Å². The fourth-order valence-electron chi connectivity index (χ4n) is 3.49. The Hall–Kier alpha value is -2.72. The van der Waals surface area contributed by atoms with Crippen LogP contribution in [0.25, 0.3) is 0 Å². The molecule has 8 nitrogen and oxygen atoms in total. The van der Waals surface area contributed by atoms with Gasteiger partial charge in [0.05, 0.1) is 0 Å². The summed E-state index contributed by atoms with van der Waals surface area (Å²) in [5, 5.41) is 7.61. The van der Waals surface area contributed by atoms with Gasteiger partial charge in [0.2, 0.25) is 17.8 Å². The van der Waals surface area contributed by atoms with Crippen molar-refractivity contribution in [2.45, 2.75) is 49.1 Å². The van der Waals surface area contributed by atoms with Crippen LogP contribution in [0.1, 0.15) is 37.0 Å². The molecule has 1 amide bonds. The van der Waals surface area contributed by atoms with Gasteiger partial charge in [0.25, 0.3) is 0 Å². The van der Waals surface area contributed by atoms with Crippen molar-refractivity contribution in [2.75, 3.05) is 28.6 Å². The maximum atomic E-state index is 12.0. The third-order valence-electron chi connectivity index (χ3n) is 5.36. The molecule has 3 aromatic rings. The third kappa shape index (κ3) is 5.36. The van der Waals surface area contributed by atoms with E-state index in [1.807, 2.05) is 37.4 Å². The van der Waals surface area contributed by atoms with E-state index in [1.165, 1.54) is 18.2 Å². The van der Waals surface area contributed by atoms with Crippen molar-refractivity contribution in [1.82, 2.24) is 19.9 Å². The zero-order valence-electron chi connectivity index (χ0n) is 17.9. The van der Waals surface area contributed by atoms with Crippen LogP contribution in [0.5, 0.6) is 0 Å². The SMILES string of the molecule is Cc1cnc(Nc2nc(Sc3ccc(NC(=O)C4CC4)cc3)nc(N3CCCCC3)n2)s1. The van der Waals surface area contributed by atoms with Crippen LogP contribution in [-0.2, 0) is 4.79 Å². The van der Waals surface area contributed by atoms with Crippen LogP contribution in [0.2, 0.25) is 0 Å². The molecule has 10 heteroatoms. The normalized spacial score (nSPS) is 16.1. The summed E-state index contributed by atoms with van der Waals surface area (Å²) in [6, 6.07) is 7.81. The van der Waals surface area contributed by atoms with E-state index in [4.69, 9.17) is 4.98 Å². The molecule has 0 radical (unpaired) electrons. The number of hydrogen-bond acceptors (Lipinski definition) is 9. The smallest absolute Gasteiger partial charge is 0.234 e.